The van der Waals surface area contributed by atoms with Crippen LogP contribution < -0.4 is 14.8 Å². The maximum Gasteiger partial charge on any atom is 0.221 e. The summed E-state index contributed by atoms with van der Waals surface area (Å²) in [5.74, 6) is 7.40. The zero-order valence-electron chi connectivity index (χ0n) is 15.3. The minimum absolute atomic E-state index is 0.0118. The van der Waals surface area contributed by atoms with Gasteiger partial charge in [-0.25, -0.2) is 0 Å². The summed E-state index contributed by atoms with van der Waals surface area (Å²) in [6, 6.07) is 5.93. The van der Waals surface area contributed by atoms with Gasteiger partial charge in [-0.2, -0.15) is 0 Å². The molecular weight excluding hydrogens is 302 g/mol. The highest BCUT2D eigenvalue weighted by Gasteiger charge is 2.32. The minimum atomic E-state index is -0.190. The Hall–Kier alpha value is -2.15. The summed E-state index contributed by atoms with van der Waals surface area (Å²) in [6.07, 6.45) is 1.37. The molecule has 0 radical (unpaired) electrons. The summed E-state index contributed by atoms with van der Waals surface area (Å²) >= 11 is 0. The number of hydrogen-bond acceptors (Lipinski definition) is 3. The first-order valence-electron chi connectivity index (χ1n) is 8.32. The summed E-state index contributed by atoms with van der Waals surface area (Å²) in [5, 5.41) is 2.80. The molecule has 1 aliphatic heterocycles. The van der Waals surface area contributed by atoms with Crippen molar-refractivity contribution >= 4 is 5.91 Å². The summed E-state index contributed by atoms with van der Waals surface area (Å²) in [4.78, 5) is 11.7. The first kappa shape index (κ1) is 18.2. The zero-order valence-corrected chi connectivity index (χ0v) is 15.3. The Bertz CT molecular complexity index is 660. The molecule has 24 heavy (non-hydrogen) atoms. The highest BCUT2D eigenvalue weighted by molar-refractivity contribution is 5.76. The van der Waals surface area contributed by atoms with E-state index in [4.69, 9.17) is 9.47 Å². The quantitative estimate of drug-likeness (QED) is 0.862. The number of ether oxygens (including phenoxy) is 2. The highest BCUT2D eigenvalue weighted by Crippen LogP contribution is 2.41. The lowest BCUT2D eigenvalue weighted by Gasteiger charge is -2.17. The molecule has 1 aromatic carbocycles. The van der Waals surface area contributed by atoms with E-state index in [-0.39, 0.29) is 23.5 Å². The molecule has 1 aromatic rings. The van der Waals surface area contributed by atoms with E-state index in [2.05, 4.69) is 37.1 Å². The van der Waals surface area contributed by atoms with Crippen LogP contribution in [0.3, 0.4) is 0 Å². The van der Waals surface area contributed by atoms with Crippen LogP contribution in [0, 0.1) is 17.3 Å². The summed E-state index contributed by atoms with van der Waals surface area (Å²) in [7, 11) is 0. The van der Waals surface area contributed by atoms with Gasteiger partial charge in [0.2, 0.25) is 5.91 Å². The summed E-state index contributed by atoms with van der Waals surface area (Å²) in [5.41, 5.74) is 0.965. The molecule has 0 unspecified atom stereocenters. The predicted octanol–water partition coefficient (Wildman–Crippen LogP) is 3.33. The molecule has 1 amide bonds. The largest absolute Gasteiger partial charge is 0.483 e. The number of hydrogen-bond donors (Lipinski definition) is 1. The number of benzene rings is 1. The van der Waals surface area contributed by atoms with Crippen molar-refractivity contribution in [1.29, 1.82) is 0 Å². The number of carbonyl (C=O) groups is 1. The van der Waals surface area contributed by atoms with Gasteiger partial charge in [0.1, 0.15) is 12.2 Å². The second-order valence-corrected chi connectivity index (χ2v) is 7.94. The molecule has 0 spiro atoms. The Balaban J connectivity index is 1.79. The fraction of sp³-hybridized carbons (Fsp3) is 0.550. The first-order valence-corrected chi connectivity index (χ1v) is 8.32. The van der Waals surface area contributed by atoms with Gasteiger partial charge in [0.05, 0.1) is 6.54 Å². The molecule has 130 valence electrons. The third kappa shape index (κ3) is 5.49. The van der Waals surface area contributed by atoms with Crippen molar-refractivity contribution in [2.75, 3.05) is 13.2 Å². The van der Waals surface area contributed by atoms with Gasteiger partial charge < -0.3 is 14.8 Å². The molecule has 0 saturated carbocycles. The number of rotatable bonds is 4. The van der Waals surface area contributed by atoms with Crippen LogP contribution in [0.1, 0.15) is 46.6 Å². The smallest absolute Gasteiger partial charge is 0.221 e. The van der Waals surface area contributed by atoms with E-state index in [1.165, 1.54) is 5.56 Å². The average Bonchev–Trinajstić information content (AvgIpc) is 2.75. The van der Waals surface area contributed by atoms with Crippen LogP contribution in [0.5, 0.6) is 11.5 Å². The molecule has 0 aromatic heterocycles. The molecule has 0 fully saturated rings. The van der Waals surface area contributed by atoms with Crippen LogP contribution in [0.25, 0.3) is 0 Å². The van der Waals surface area contributed by atoms with E-state index in [9.17, 15) is 4.79 Å². The fourth-order valence-corrected chi connectivity index (χ4v) is 2.62. The highest BCUT2D eigenvalue weighted by atomic mass is 16.5. The van der Waals surface area contributed by atoms with Crippen molar-refractivity contribution in [2.24, 2.45) is 5.41 Å². The van der Waals surface area contributed by atoms with Crippen LogP contribution >= 0.6 is 0 Å². The summed E-state index contributed by atoms with van der Waals surface area (Å²) in [6.45, 7) is 10.9. The monoisotopic (exact) mass is 329 g/mol. The van der Waals surface area contributed by atoms with E-state index >= 15 is 0 Å². The van der Waals surface area contributed by atoms with Crippen molar-refractivity contribution in [1.82, 2.24) is 5.32 Å². The molecule has 0 bridgehead atoms. The van der Waals surface area contributed by atoms with Gasteiger partial charge in [-0.3, -0.25) is 4.79 Å². The Kier molecular flexibility index (Phi) is 5.43. The number of nitrogens with one attached hydrogen (secondary N) is 1. The molecule has 1 heterocycles. The SMILES string of the molecule is CC(C)(C)CC(=O)NCC#CCOc1cccc2c1OC(C)(C)C2. The van der Waals surface area contributed by atoms with Gasteiger partial charge >= 0.3 is 0 Å². The van der Waals surface area contributed by atoms with E-state index in [0.29, 0.717) is 13.0 Å². The molecule has 2 rings (SSSR count). The fourth-order valence-electron chi connectivity index (χ4n) is 2.62. The third-order valence-electron chi connectivity index (χ3n) is 3.54. The minimum Gasteiger partial charge on any atom is -0.483 e. The van der Waals surface area contributed by atoms with E-state index in [1.54, 1.807) is 0 Å². The third-order valence-corrected chi connectivity index (χ3v) is 3.54. The second-order valence-electron chi connectivity index (χ2n) is 7.94. The van der Waals surface area contributed by atoms with Crippen molar-refractivity contribution in [2.45, 2.75) is 53.1 Å². The molecule has 1 aliphatic rings. The Morgan fingerprint density at radius 2 is 2.08 bits per heavy atom. The van der Waals surface area contributed by atoms with Crippen LogP contribution in [-0.2, 0) is 11.2 Å². The van der Waals surface area contributed by atoms with Crippen LogP contribution in [0.15, 0.2) is 18.2 Å². The molecule has 4 nitrogen and oxygen atoms in total. The van der Waals surface area contributed by atoms with Gasteiger partial charge in [0.25, 0.3) is 0 Å². The number of carbonyl (C=O) groups excluding carboxylic acids is 1. The van der Waals surface area contributed by atoms with Gasteiger partial charge in [0.15, 0.2) is 11.5 Å². The maximum atomic E-state index is 11.7. The van der Waals surface area contributed by atoms with Gasteiger partial charge in [-0.1, -0.05) is 44.7 Å². The molecule has 0 atom stereocenters. The molecule has 0 aliphatic carbocycles. The van der Waals surface area contributed by atoms with Crippen LogP contribution in [0.4, 0.5) is 0 Å². The molecule has 0 saturated heterocycles. The normalized spacial score (nSPS) is 14.9. The average molecular weight is 329 g/mol. The zero-order chi connectivity index (χ0) is 17.8. The second kappa shape index (κ2) is 7.17. The molecule has 4 heteroatoms. The Morgan fingerprint density at radius 3 is 2.79 bits per heavy atom. The lowest BCUT2D eigenvalue weighted by atomic mass is 9.92. The molecular formula is C20H27NO3. The van der Waals surface area contributed by atoms with Gasteiger partial charge in [0, 0.05) is 18.4 Å². The number of para-hydroxylation sites is 1. The number of fused-ring (bicyclic) bond motifs is 1. The predicted molar refractivity (Wildman–Crippen MR) is 95.2 cm³/mol. The topological polar surface area (TPSA) is 47.6 Å². The van der Waals surface area contributed by atoms with Crippen molar-refractivity contribution in [3.63, 3.8) is 0 Å². The van der Waals surface area contributed by atoms with Crippen molar-refractivity contribution in [3.8, 4) is 23.3 Å². The standard InChI is InChI=1S/C20H27NO3/c1-19(2,3)14-17(22)21-11-6-7-12-23-16-10-8-9-15-13-20(4,5)24-18(15)16/h8-10H,11-14H2,1-5H3,(H,21,22). The van der Waals surface area contributed by atoms with E-state index in [1.807, 2.05) is 32.9 Å². The van der Waals surface area contributed by atoms with Crippen molar-refractivity contribution in [3.05, 3.63) is 23.8 Å². The lowest BCUT2D eigenvalue weighted by Crippen LogP contribution is -2.27. The molecule has 1 N–H and O–H groups in total. The van der Waals surface area contributed by atoms with Crippen LogP contribution in [0.2, 0.25) is 0 Å². The van der Waals surface area contributed by atoms with E-state index < -0.39 is 0 Å². The first-order chi connectivity index (χ1) is 11.2. The van der Waals surface area contributed by atoms with Crippen LogP contribution in [-0.4, -0.2) is 24.7 Å². The Morgan fingerprint density at radius 1 is 1.33 bits per heavy atom. The van der Waals surface area contributed by atoms with Crippen molar-refractivity contribution < 1.29 is 14.3 Å². The lowest BCUT2D eigenvalue weighted by molar-refractivity contribution is -0.122. The van der Waals surface area contributed by atoms with Gasteiger partial charge in [-0.15, -0.1) is 0 Å². The Labute approximate surface area is 144 Å². The van der Waals surface area contributed by atoms with Gasteiger partial charge in [-0.05, 0) is 25.3 Å². The number of amides is 1. The maximum absolute atomic E-state index is 11.7. The summed E-state index contributed by atoms with van der Waals surface area (Å²) < 4.78 is 11.7. The van der Waals surface area contributed by atoms with E-state index in [0.717, 1.165) is 17.9 Å².